The highest BCUT2D eigenvalue weighted by molar-refractivity contribution is 7.80. The van der Waals surface area contributed by atoms with E-state index in [0.29, 0.717) is 22.1 Å². The minimum Gasteiger partial charge on any atom is -0.454 e. The zero-order valence-electron chi connectivity index (χ0n) is 11.8. The number of carbonyl (C=O) groups is 2. The molecule has 0 radical (unpaired) electrons. The number of hydrogen-bond donors (Lipinski definition) is 1. The van der Waals surface area contributed by atoms with Gasteiger partial charge in [-0.05, 0) is 29.9 Å². The van der Waals surface area contributed by atoms with Gasteiger partial charge in [0.25, 0.3) is 11.8 Å². The molecule has 3 rings (SSSR count). The Balaban J connectivity index is 2.01. The minimum atomic E-state index is -0.575. The van der Waals surface area contributed by atoms with Crippen LogP contribution in [0, 0.1) is 0 Å². The van der Waals surface area contributed by atoms with Crippen LogP contribution >= 0.6 is 23.8 Å². The Kier molecular flexibility index (Phi) is 4.06. The molecule has 2 heterocycles. The third-order valence-corrected chi connectivity index (χ3v) is 3.94. The van der Waals surface area contributed by atoms with Crippen LogP contribution in [0.5, 0.6) is 11.5 Å². The lowest BCUT2D eigenvalue weighted by atomic mass is 10.1. The Morgan fingerprint density at radius 3 is 2.74 bits per heavy atom. The summed E-state index contributed by atoms with van der Waals surface area (Å²) >= 11 is 11.2. The highest BCUT2D eigenvalue weighted by Gasteiger charge is 2.33. The summed E-state index contributed by atoms with van der Waals surface area (Å²) in [7, 11) is 0. The summed E-state index contributed by atoms with van der Waals surface area (Å²) in [5.74, 6) is -0.0594. The van der Waals surface area contributed by atoms with E-state index < -0.39 is 11.8 Å². The van der Waals surface area contributed by atoms with Gasteiger partial charge in [-0.15, -0.1) is 6.58 Å². The first kappa shape index (κ1) is 15.5. The van der Waals surface area contributed by atoms with Crippen LogP contribution in [0.15, 0.2) is 30.4 Å². The second-order valence-electron chi connectivity index (χ2n) is 4.75. The van der Waals surface area contributed by atoms with E-state index in [4.69, 9.17) is 33.3 Å². The van der Waals surface area contributed by atoms with Crippen LogP contribution in [0.25, 0.3) is 6.08 Å². The Bertz CT molecular complexity index is 775. The number of hydrogen-bond acceptors (Lipinski definition) is 5. The SMILES string of the molecule is C=CCN1C(=O)C(=Cc2cc3c(cc2Cl)OCO3)C(=O)NC1=S. The van der Waals surface area contributed by atoms with Gasteiger partial charge >= 0.3 is 0 Å². The predicted octanol–water partition coefficient (Wildman–Crippen LogP) is 1.88. The molecular formula is C15H11ClN2O4S. The van der Waals surface area contributed by atoms with E-state index in [1.165, 1.54) is 17.1 Å². The van der Waals surface area contributed by atoms with Gasteiger partial charge in [0.1, 0.15) is 5.57 Å². The summed E-state index contributed by atoms with van der Waals surface area (Å²) < 4.78 is 10.5. The van der Waals surface area contributed by atoms with E-state index in [2.05, 4.69) is 11.9 Å². The molecule has 0 saturated carbocycles. The topological polar surface area (TPSA) is 67.9 Å². The summed E-state index contributed by atoms with van der Waals surface area (Å²) in [5, 5.41) is 2.86. The van der Waals surface area contributed by atoms with Gasteiger partial charge in [-0.3, -0.25) is 19.8 Å². The van der Waals surface area contributed by atoms with E-state index in [-0.39, 0.29) is 24.0 Å². The molecule has 1 N–H and O–H groups in total. The third kappa shape index (κ3) is 2.80. The maximum absolute atomic E-state index is 12.4. The molecule has 1 aromatic rings. The van der Waals surface area contributed by atoms with Gasteiger partial charge in [0.15, 0.2) is 16.6 Å². The standard InChI is InChI=1S/C15H11ClN2O4S/c1-2-3-18-14(20)9(13(19)17-15(18)23)4-8-5-11-12(6-10(8)16)22-7-21-11/h2,4-6H,1,3,7H2,(H,17,19,23). The van der Waals surface area contributed by atoms with Crippen molar-refractivity contribution in [1.82, 2.24) is 10.2 Å². The molecule has 1 fully saturated rings. The fourth-order valence-electron chi connectivity index (χ4n) is 2.19. The first-order valence-electron chi connectivity index (χ1n) is 6.60. The number of nitrogens with one attached hydrogen (secondary N) is 1. The van der Waals surface area contributed by atoms with Gasteiger partial charge < -0.3 is 9.47 Å². The Morgan fingerprint density at radius 2 is 2.04 bits per heavy atom. The molecule has 1 aromatic carbocycles. The van der Waals surface area contributed by atoms with Crippen molar-refractivity contribution in [3.63, 3.8) is 0 Å². The average Bonchev–Trinajstić information content (AvgIpc) is 2.94. The molecular weight excluding hydrogens is 340 g/mol. The van der Waals surface area contributed by atoms with Crippen molar-refractivity contribution in [2.24, 2.45) is 0 Å². The molecule has 2 aliphatic rings. The average molecular weight is 351 g/mol. The van der Waals surface area contributed by atoms with Crippen molar-refractivity contribution >= 4 is 46.8 Å². The monoisotopic (exact) mass is 350 g/mol. The Hall–Kier alpha value is -2.38. The molecule has 23 heavy (non-hydrogen) atoms. The van der Waals surface area contributed by atoms with Crippen molar-refractivity contribution in [2.45, 2.75) is 0 Å². The summed E-state index contributed by atoms with van der Waals surface area (Å²) in [4.78, 5) is 25.8. The van der Waals surface area contributed by atoms with E-state index in [1.807, 2.05) is 0 Å². The lowest BCUT2D eigenvalue weighted by Crippen LogP contribution is -2.53. The normalized spacial score (nSPS) is 18.4. The molecule has 118 valence electrons. The first-order chi connectivity index (χ1) is 11.0. The molecule has 0 unspecified atom stereocenters. The zero-order valence-corrected chi connectivity index (χ0v) is 13.4. The van der Waals surface area contributed by atoms with Crippen molar-refractivity contribution in [3.05, 3.63) is 40.9 Å². The van der Waals surface area contributed by atoms with Gasteiger partial charge in [-0.25, -0.2) is 0 Å². The molecule has 0 aromatic heterocycles. The number of amides is 2. The van der Waals surface area contributed by atoms with Crippen molar-refractivity contribution < 1.29 is 19.1 Å². The van der Waals surface area contributed by atoms with Crippen LogP contribution in [0.3, 0.4) is 0 Å². The van der Waals surface area contributed by atoms with Gasteiger partial charge in [0, 0.05) is 12.6 Å². The smallest absolute Gasteiger partial charge is 0.265 e. The molecule has 6 nitrogen and oxygen atoms in total. The lowest BCUT2D eigenvalue weighted by Gasteiger charge is -2.27. The van der Waals surface area contributed by atoms with Crippen molar-refractivity contribution in [2.75, 3.05) is 13.3 Å². The summed E-state index contributed by atoms with van der Waals surface area (Å²) in [6.07, 6.45) is 2.92. The summed E-state index contributed by atoms with van der Waals surface area (Å²) in [6.45, 7) is 3.87. The first-order valence-corrected chi connectivity index (χ1v) is 7.39. The van der Waals surface area contributed by atoms with Crippen molar-refractivity contribution in [3.8, 4) is 11.5 Å². The fraction of sp³-hybridized carbons (Fsp3) is 0.133. The molecule has 0 spiro atoms. The number of halogens is 1. The van der Waals surface area contributed by atoms with Crippen LogP contribution < -0.4 is 14.8 Å². The number of ether oxygens (including phenoxy) is 2. The van der Waals surface area contributed by atoms with Crippen LogP contribution in [-0.4, -0.2) is 35.2 Å². The van der Waals surface area contributed by atoms with Crippen molar-refractivity contribution in [1.29, 1.82) is 0 Å². The van der Waals surface area contributed by atoms with Crippen LogP contribution in [0.1, 0.15) is 5.56 Å². The van der Waals surface area contributed by atoms with Gasteiger partial charge in [0.2, 0.25) is 6.79 Å². The second kappa shape index (κ2) is 6.02. The zero-order chi connectivity index (χ0) is 16.6. The summed E-state index contributed by atoms with van der Waals surface area (Å²) in [6, 6.07) is 3.19. The molecule has 0 aliphatic carbocycles. The number of nitrogens with zero attached hydrogens (tertiary/aromatic N) is 1. The van der Waals surface area contributed by atoms with Crippen LogP contribution in [0.4, 0.5) is 0 Å². The molecule has 0 bridgehead atoms. The minimum absolute atomic E-state index is 0.0498. The quantitative estimate of drug-likeness (QED) is 0.390. The Morgan fingerprint density at radius 1 is 1.35 bits per heavy atom. The molecule has 8 heteroatoms. The molecule has 1 saturated heterocycles. The summed E-state index contributed by atoms with van der Waals surface area (Å²) in [5.41, 5.74) is 0.405. The predicted molar refractivity (Wildman–Crippen MR) is 88.2 cm³/mol. The maximum atomic E-state index is 12.4. The number of thiocarbonyl (C=S) groups is 1. The fourth-order valence-corrected chi connectivity index (χ4v) is 2.65. The number of carbonyl (C=O) groups excluding carboxylic acids is 2. The maximum Gasteiger partial charge on any atom is 0.265 e. The van der Waals surface area contributed by atoms with Gasteiger partial charge in [-0.1, -0.05) is 17.7 Å². The highest BCUT2D eigenvalue weighted by atomic mass is 35.5. The largest absolute Gasteiger partial charge is 0.454 e. The number of rotatable bonds is 3. The second-order valence-corrected chi connectivity index (χ2v) is 5.54. The van der Waals surface area contributed by atoms with E-state index in [9.17, 15) is 9.59 Å². The molecule has 2 amide bonds. The highest BCUT2D eigenvalue weighted by Crippen LogP contribution is 2.37. The number of benzene rings is 1. The van der Waals surface area contributed by atoms with Gasteiger partial charge in [-0.2, -0.15) is 0 Å². The van der Waals surface area contributed by atoms with E-state index in [0.717, 1.165) is 0 Å². The molecule has 0 atom stereocenters. The van der Waals surface area contributed by atoms with E-state index in [1.54, 1.807) is 12.1 Å². The third-order valence-electron chi connectivity index (χ3n) is 3.29. The van der Waals surface area contributed by atoms with E-state index >= 15 is 0 Å². The Labute approximate surface area is 142 Å². The van der Waals surface area contributed by atoms with Gasteiger partial charge in [0.05, 0.1) is 5.02 Å². The molecule has 2 aliphatic heterocycles. The lowest BCUT2D eigenvalue weighted by molar-refractivity contribution is -0.128. The van der Waals surface area contributed by atoms with Crippen LogP contribution in [-0.2, 0) is 9.59 Å². The van der Waals surface area contributed by atoms with Crippen LogP contribution in [0.2, 0.25) is 5.02 Å². The number of fused-ring (bicyclic) bond motifs is 1.